The Morgan fingerprint density at radius 2 is 2.30 bits per heavy atom. The van der Waals surface area contributed by atoms with Crippen LogP contribution in [0.1, 0.15) is 30.6 Å². The molecule has 0 saturated carbocycles. The third-order valence-electron chi connectivity index (χ3n) is 3.21. The van der Waals surface area contributed by atoms with E-state index in [0.717, 1.165) is 24.2 Å². The lowest BCUT2D eigenvalue weighted by molar-refractivity contribution is -0.122. The molecule has 0 fully saturated rings. The van der Waals surface area contributed by atoms with Gasteiger partial charge in [0.15, 0.2) is 0 Å². The number of hydrogen-bond donors (Lipinski definition) is 1. The molecule has 112 valence electrons. The number of carbonyl (C=O) groups excluding carboxylic acids is 1. The van der Waals surface area contributed by atoms with Crippen LogP contribution in [0.5, 0.6) is 0 Å². The lowest BCUT2D eigenvalue weighted by atomic mass is 10.1. The van der Waals surface area contributed by atoms with Crippen LogP contribution in [0.3, 0.4) is 0 Å². The average molecular weight is 279 g/mol. The fraction of sp³-hybridized carbons (Fsp3) is 0.600. The van der Waals surface area contributed by atoms with E-state index in [1.54, 1.807) is 13.3 Å². The van der Waals surface area contributed by atoms with Crippen LogP contribution in [0.4, 0.5) is 0 Å². The molecule has 1 aromatic rings. The monoisotopic (exact) mass is 279 g/mol. The fourth-order valence-corrected chi connectivity index (χ4v) is 2.04. The highest BCUT2D eigenvalue weighted by atomic mass is 16.5. The van der Waals surface area contributed by atoms with Gasteiger partial charge < -0.3 is 10.1 Å². The molecule has 1 rings (SSSR count). The van der Waals surface area contributed by atoms with E-state index in [4.69, 9.17) is 4.74 Å². The molecular weight excluding hydrogens is 254 g/mol. The molecule has 0 spiro atoms. The van der Waals surface area contributed by atoms with E-state index in [1.807, 2.05) is 37.9 Å². The Morgan fingerprint density at radius 3 is 2.90 bits per heavy atom. The quantitative estimate of drug-likeness (QED) is 0.784. The summed E-state index contributed by atoms with van der Waals surface area (Å²) < 4.78 is 5.00. The summed E-state index contributed by atoms with van der Waals surface area (Å²) in [7, 11) is 3.57. The highest BCUT2D eigenvalue weighted by Gasteiger charge is 2.16. The molecule has 0 bridgehead atoms. The first-order chi connectivity index (χ1) is 9.58. The Hall–Kier alpha value is -1.46. The first-order valence-corrected chi connectivity index (χ1v) is 6.96. The Morgan fingerprint density at radius 1 is 1.55 bits per heavy atom. The lowest BCUT2D eigenvalue weighted by Gasteiger charge is -2.21. The second-order valence-corrected chi connectivity index (χ2v) is 4.96. The number of aryl methyl sites for hydroxylation is 1. The zero-order valence-electron chi connectivity index (χ0n) is 12.8. The van der Waals surface area contributed by atoms with Gasteiger partial charge in [-0.2, -0.15) is 0 Å². The van der Waals surface area contributed by atoms with Gasteiger partial charge in [-0.25, -0.2) is 0 Å². The number of hydrogen-bond acceptors (Lipinski definition) is 4. The van der Waals surface area contributed by atoms with Crippen molar-refractivity contribution < 1.29 is 9.53 Å². The van der Waals surface area contributed by atoms with Crippen molar-refractivity contribution in [3.8, 4) is 0 Å². The van der Waals surface area contributed by atoms with Crippen molar-refractivity contribution in [3.63, 3.8) is 0 Å². The Kier molecular flexibility index (Phi) is 7.18. The maximum atomic E-state index is 12.0. The maximum absolute atomic E-state index is 12.0. The average Bonchev–Trinajstić information content (AvgIpc) is 2.43. The van der Waals surface area contributed by atoms with E-state index in [1.165, 1.54) is 0 Å². The number of likely N-dealkylation sites (N-methyl/N-ethyl adjacent to an activating group) is 1. The zero-order chi connectivity index (χ0) is 15.0. The fourth-order valence-electron chi connectivity index (χ4n) is 2.04. The Balaban J connectivity index is 2.56. The minimum absolute atomic E-state index is 0.0144. The molecule has 0 aliphatic rings. The summed E-state index contributed by atoms with van der Waals surface area (Å²) in [6.45, 7) is 5.80. The van der Waals surface area contributed by atoms with Crippen molar-refractivity contribution in [1.82, 2.24) is 15.2 Å². The summed E-state index contributed by atoms with van der Waals surface area (Å²) in [5.41, 5.74) is 2.05. The molecule has 0 aromatic carbocycles. The van der Waals surface area contributed by atoms with Gasteiger partial charge in [-0.3, -0.25) is 14.7 Å². The molecule has 1 atom stereocenters. The molecule has 0 aliphatic carbocycles. The van der Waals surface area contributed by atoms with Crippen LogP contribution in [0.2, 0.25) is 0 Å². The molecule has 5 nitrogen and oxygen atoms in total. The van der Waals surface area contributed by atoms with Crippen LogP contribution in [-0.4, -0.2) is 49.6 Å². The Bertz CT molecular complexity index is 423. The number of ether oxygens (including phenoxy) is 1. The van der Waals surface area contributed by atoms with Crippen molar-refractivity contribution in [2.45, 2.75) is 26.3 Å². The lowest BCUT2D eigenvalue weighted by Crippen LogP contribution is -2.38. The molecular formula is C15H25N3O2. The molecule has 0 saturated heterocycles. The van der Waals surface area contributed by atoms with Crippen molar-refractivity contribution in [1.29, 1.82) is 0 Å². The van der Waals surface area contributed by atoms with Crippen molar-refractivity contribution in [2.24, 2.45) is 0 Å². The highest BCUT2D eigenvalue weighted by molar-refractivity contribution is 5.78. The summed E-state index contributed by atoms with van der Waals surface area (Å²) in [5, 5.41) is 3.05. The molecule has 0 aliphatic heterocycles. The number of methoxy groups -OCH3 is 1. The summed E-state index contributed by atoms with van der Waals surface area (Å²) in [6, 6.07) is 3.90. The number of rotatable bonds is 8. The van der Waals surface area contributed by atoms with Crippen LogP contribution in [0.25, 0.3) is 0 Å². The standard InChI is InChI=1S/C15H25N3O2/c1-5-13(15-12(2)7-6-8-16-15)17-14(19)11-18(3)9-10-20-4/h6-8,13H,5,9-11H2,1-4H3,(H,17,19). The summed E-state index contributed by atoms with van der Waals surface area (Å²) in [4.78, 5) is 18.4. The van der Waals surface area contributed by atoms with E-state index in [0.29, 0.717) is 13.2 Å². The molecule has 5 heteroatoms. The van der Waals surface area contributed by atoms with Gasteiger partial charge in [-0.15, -0.1) is 0 Å². The second-order valence-electron chi connectivity index (χ2n) is 4.96. The van der Waals surface area contributed by atoms with Gasteiger partial charge in [-0.1, -0.05) is 13.0 Å². The molecule has 20 heavy (non-hydrogen) atoms. The van der Waals surface area contributed by atoms with Gasteiger partial charge in [0.05, 0.1) is 24.9 Å². The highest BCUT2D eigenvalue weighted by Crippen LogP contribution is 2.17. The van der Waals surface area contributed by atoms with E-state index in [9.17, 15) is 4.79 Å². The van der Waals surface area contributed by atoms with Crippen molar-refractivity contribution in [2.75, 3.05) is 33.9 Å². The predicted molar refractivity (Wildman–Crippen MR) is 79.5 cm³/mol. The number of nitrogens with one attached hydrogen (secondary N) is 1. The van der Waals surface area contributed by atoms with E-state index < -0.39 is 0 Å². The first-order valence-electron chi connectivity index (χ1n) is 6.96. The summed E-state index contributed by atoms with van der Waals surface area (Å²) in [5.74, 6) is 0.0144. The summed E-state index contributed by atoms with van der Waals surface area (Å²) >= 11 is 0. The predicted octanol–water partition coefficient (Wildman–Crippen LogP) is 1.54. The SMILES string of the molecule is CCC(NC(=O)CN(C)CCOC)c1ncccc1C. The van der Waals surface area contributed by atoms with Gasteiger partial charge in [0.1, 0.15) is 0 Å². The van der Waals surface area contributed by atoms with Crippen molar-refractivity contribution >= 4 is 5.91 Å². The van der Waals surface area contributed by atoms with Gasteiger partial charge in [0.25, 0.3) is 0 Å². The number of carbonyl (C=O) groups is 1. The van der Waals surface area contributed by atoms with Crippen molar-refractivity contribution in [3.05, 3.63) is 29.6 Å². The number of amides is 1. The van der Waals surface area contributed by atoms with Crippen LogP contribution in [0.15, 0.2) is 18.3 Å². The normalized spacial score (nSPS) is 12.4. The minimum Gasteiger partial charge on any atom is -0.383 e. The topological polar surface area (TPSA) is 54.5 Å². The van der Waals surface area contributed by atoms with E-state index in [-0.39, 0.29) is 11.9 Å². The molecule has 1 amide bonds. The largest absolute Gasteiger partial charge is 0.383 e. The maximum Gasteiger partial charge on any atom is 0.234 e. The van der Waals surface area contributed by atoms with Crippen LogP contribution < -0.4 is 5.32 Å². The van der Waals surface area contributed by atoms with Gasteiger partial charge in [0.2, 0.25) is 5.91 Å². The molecule has 1 unspecified atom stereocenters. The van der Waals surface area contributed by atoms with Crippen LogP contribution in [0, 0.1) is 6.92 Å². The summed E-state index contributed by atoms with van der Waals surface area (Å²) in [6.07, 6.45) is 2.59. The number of pyridine rings is 1. The molecule has 0 radical (unpaired) electrons. The molecule has 1 aromatic heterocycles. The minimum atomic E-state index is -0.0282. The van der Waals surface area contributed by atoms with Crippen LogP contribution >= 0.6 is 0 Å². The third kappa shape index (κ3) is 5.27. The molecule has 1 N–H and O–H groups in total. The zero-order valence-corrected chi connectivity index (χ0v) is 12.8. The van der Waals surface area contributed by atoms with Gasteiger partial charge in [0, 0.05) is 19.9 Å². The van der Waals surface area contributed by atoms with E-state index >= 15 is 0 Å². The first kappa shape index (κ1) is 16.6. The molecule has 1 heterocycles. The number of nitrogens with zero attached hydrogens (tertiary/aromatic N) is 2. The smallest absolute Gasteiger partial charge is 0.234 e. The Labute approximate surface area is 121 Å². The van der Waals surface area contributed by atoms with Gasteiger partial charge in [-0.05, 0) is 32.0 Å². The number of aromatic nitrogens is 1. The third-order valence-corrected chi connectivity index (χ3v) is 3.21. The van der Waals surface area contributed by atoms with E-state index in [2.05, 4.69) is 10.3 Å². The van der Waals surface area contributed by atoms with Crippen LogP contribution in [-0.2, 0) is 9.53 Å². The second kappa shape index (κ2) is 8.66. The van der Waals surface area contributed by atoms with Gasteiger partial charge >= 0.3 is 0 Å².